The first-order valence-electron chi connectivity index (χ1n) is 7.41. The summed E-state index contributed by atoms with van der Waals surface area (Å²) in [4.78, 5) is 28.7. The number of allylic oxidation sites excluding steroid dienone is 3. The molecule has 0 saturated heterocycles. The van der Waals surface area contributed by atoms with Gasteiger partial charge in [-0.05, 0) is 36.1 Å². The van der Waals surface area contributed by atoms with Gasteiger partial charge in [-0.15, -0.1) is 11.3 Å². The summed E-state index contributed by atoms with van der Waals surface area (Å²) < 4.78 is 0. The van der Waals surface area contributed by atoms with Crippen LogP contribution in [0.2, 0.25) is 0 Å². The number of nitrogens with zero attached hydrogens (tertiary/aromatic N) is 1. The second kappa shape index (κ2) is 6.71. The number of amides is 2. The summed E-state index contributed by atoms with van der Waals surface area (Å²) in [5.41, 5.74) is 2.40. The van der Waals surface area contributed by atoms with Crippen molar-refractivity contribution in [3.8, 4) is 0 Å². The van der Waals surface area contributed by atoms with Crippen LogP contribution in [0.4, 0.5) is 0 Å². The number of nitrogens with one attached hydrogen (secondary N) is 1. The van der Waals surface area contributed by atoms with Gasteiger partial charge in [0.2, 0.25) is 5.91 Å². The number of fused-ring (bicyclic) bond motifs is 1. The van der Waals surface area contributed by atoms with Gasteiger partial charge < -0.3 is 5.32 Å². The summed E-state index contributed by atoms with van der Waals surface area (Å²) in [6.07, 6.45) is 11.2. The molecule has 2 heterocycles. The largest absolute Gasteiger partial charge is 0.325 e. The highest BCUT2D eigenvalue weighted by molar-refractivity contribution is 7.10. The van der Waals surface area contributed by atoms with Gasteiger partial charge in [0.05, 0.1) is 5.71 Å². The van der Waals surface area contributed by atoms with Gasteiger partial charge in [-0.3, -0.25) is 9.59 Å². The van der Waals surface area contributed by atoms with E-state index in [9.17, 15) is 9.59 Å². The highest BCUT2D eigenvalue weighted by Crippen LogP contribution is 2.28. The van der Waals surface area contributed by atoms with Gasteiger partial charge in [0, 0.05) is 28.6 Å². The number of carbonyl (C=O) groups is 2. The zero-order valence-electron chi connectivity index (χ0n) is 12.7. The SMILES string of the molecule is CCC1=CC(=O)NC2=CC(=NC(=O)/C=C\c3cccs3)C=CC12. The molecule has 23 heavy (non-hydrogen) atoms. The number of carbonyl (C=O) groups excluding carboxylic acids is 2. The third-order valence-electron chi connectivity index (χ3n) is 3.66. The summed E-state index contributed by atoms with van der Waals surface area (Å²) in [6.45, 7) is 2.03. The number of hydrogen-bond acceptors (Lipinski definition) is 3. The molecule has 1 aromatic heterocycles. The first kappa shape index (κ1) is 15.4. The molecule has 0 radical (unpaired) electrons. The molecule has 5 heteroatoms. The van der Waals surface area contributed by atoms with Crippen LogP contribution < -0.4 is 5.32 Å². The summed E-state index contributed by atoms with van der Waals surface area (Å²) in [5, 5.41) is 4.78. The van der Waals surface area contributed by atoms with E-state index >= 15 is 0 Å². The van der Waals surface area contributed by atoms with Gasteiger partial charge in [-0.1, -0.05) is 24.6 Å². The maximum absolute atomic E-state index is 11.9. The van der Waals surface area contributed by atoms with Crippen LogP contribution in [-0.2, 0) is 9.59 Å². The average Bonchev–Trinajstić information content (AvgIpc) is 3.05. The van der Waals surface area contributed by atoms with Gasteiger partial charge in [-0.2, -0.15) is 0 Å². The van der Waals surface area contributed by atoms with E-state index in [1.165, 1.54) is 6.08 Å². The fraction of sp³-hybridized carbons (Fsp3) is 0.167. The number of rotatable bonds is 3. The minimum absolute atomic E-state index is 0.0772. The van der Waals surface area contributed by atoms with E-state index in [4.69, 9.17) is 0 Å². The minimum atomic E-state index is -0.318. The van der Waals surface area contributed by atoms with E-state index in [0.29, 0.717) is 5.71 Å². The Hall–Kier alpha value is -2.53. The zero-order valence-corrected chi connectivity index (χ0v) is 13.5. The molecule has 3 rings (SSSR count). The van der Waals surface area contributed by atoms with Gasteiger partial charge >= 0.3 is 0 Å². The molecule has 0 aromatic carbocycles. The quantitative estimate of drug-likeness (QED) is 0.868. The van der Waals surface area contributed by atoms with E-state index in [1.54, 1.807) is 29.6 Å². The van der Waals surface area contributed by atoms with E-state index in [2.05, 4.69) is 10.3 Å². The lowest BCUT2D eigenvalue weighted by Crippen LogP contribution is -2.33. The van der Waals surface area contributed by atoms with Crippen LogP contribution >= 0.6 is 11.3 Å². The Morgan fingerprint density at radius 1 is 1.43 bits per heavy atom. The van der Waals surface area contributed by atoms with Crippen LogP contribution in [0.1, 0.15) is 18.2 Å². The fourth-order valence-corrected chi connectivity index (χ4v) is 3.18. The van der Waals surface area contributed by atoms with Crippen molar-refractivity contribution in [2.45, 2.75) is 13.3 Å². The monoisotopic (exact) mass is 324 g/mol. The average molecular weight is 324 g/mol. The Bertz CT molecular complexity index is 780. The van der Waals surface area contributed by atoms with Gasteiger partial charge in [0.15, 0.2) is 0 Å². The molecule has 0 bridgehead atoms. The second-order valence-electron chi connectivity index (χ2n) is 5.22. The topological polar surface area (TPSA) is 58.5 Å². The lowest BCUT2D eigenvalue weighted by molar-refractivity contribution is -0.116. The Balaban J connectivity index is 1.77. The molecular weight excluding hydrogens is 308 g/mol. The zero-order chi connectivity index (χ0) is 16.2. The Labute approximate surface area is 138 Å². The van der Waals surface area contributed by atoms with Gasteiger partial charge in [0.1, 0.15) is 0 Å². The lowest BCUT2D eigenvalue weighted by Gasteiger charge is -2.26. The molecule has 2 amide bonds. The fourth-order valence-electron chi connectivity index (χ4n) is 2.56. The Morgan fingerprint density at radius 3 is 3.04 bits per heavy atom. The van der Waals surface area contributed by atoms with Crippen molar-refractivity contribution in [1.82, 2.24) is 5.32 Å². The maximum Gasteiger partial charge on any atom is 0.270 e. The first-order chi connectivity index (χ1) is 11.2. The second-order valence-corrected chi connectivity index (χ2v) is 6.20. The van der Waals surface area contributed by atoms with E-state index in [1.807, 2.05) is 36.6 Å². The summed E-state index contributed by atoms with van der Waals surface area (Å²) in [7, 11) is 0. The van der Waals surface area contributed by atoms with Crippen LogP contribution in [0.5, 0.6) is 0 Å². The summed E-state index contributed by atoms with van der Waals surface area (Å²) in [5.74, 6) is -0.363. The van der Waals surface area contributed by atoms with Crippen LogP contribution in [0, 0.1) is 5.92 Å². The number of thiophene rings is 1. The highest BCUT2D eigenvalue weighted by Gasteiger charge is 2.25. The van der Waals surface area contributed by atoms with Gasteiger partial charge in [0.25, 0.3) is 5.91 Å². The third kappa shape index (κ3) is 3.63. The van der Waals surface area contributed by atoms with Crippen molar-refractivity contribution < 1.29 is 9.59 Å². The number of hydrogen-bond donors (Lipinski definition) is 1. The van der Waals surface area contributed by atoms with Crippen LogP contribution in [-0.4, -0.2) is 17.5 Å². The molecule has 2 aliphatic rings. The molecule has 1 atom stereocenters. The molecule has 1 aliphatic carbocycles. The molecule has 1 unspecified atom stereocenters. The van der Waals surface area contributed by atoms with E-state index < -0.39 is 0 Å². The molecule has 1 N–H and O–H groups in total. The molecule has 4 nitrogen and oxygen atoms in total. The van der Waals surface area contributed by atoms with Crippen molar-refractivity contribution >= 4 is 34.9 Å². The van der Waals surface area contributed by atoms with Crippen molar-refractivity contribution in [2.24, 2.45) is 10.9 Å². The standard InChI is InChI=1S/C18H16N2O2S/c1-2-12-10-18(22)20-16-11-13(5-7-15(12)16)19-17(21)8-6-14-4-3-9-23-14/h3-11,15H,2H2,1H3,(H,20,22)/b8-6-,19-13?. The summed E-state index contributed by atoms with van der Waals surface area (Å²) >= 11 is 1.56. The van der Waals surface area contributed by atoms with Crippen LogP contribution in [0.3, 0.4) is 0 Å². The van der Waals surface area contributed by atoms with E-state index in [-0.39, 0.29) is 17.7 Å². The molecule has 116 valence electrons. The molecule has 0 spiro atoms. The molecule has 0 fully saturated rings. The normalized spacial score (nSPS) is 21.9. The predicted molar refractivity (Wildman–Crippen MR) is 93.0 cm³/mol. The highest BCUT2D eigenvalue weighted by atomic mass is 32.1. The van der Waals surface area contributed by atoms with Crippen LogP contribution in [0.15, 0.2) is 64.2 Å². The summed E-state index contributed by atoms with van der Waals surface area (Å²) in [6, 6.07) is 3.87. The Kier molecular flexibility index (Phi) is 4.48. The smallest absolute Gasteiger partial charge is 0.270 e. The molecular formula is C18H16N2O2S. The predicted octanol–water partition coefficient (Wildman–Crippen LogP) is 3.27. The number of aliphatic imine (C=N–C) groups is 1. The molecule has 0 saturated carbocycles. The maximum atomic E-state index is 11.9. The third-order valence-corrected chi connectivity index (χ3v) is 4.50. The minimum Gasteiger partial charge on any atom is -0.325 e. The van der Waals surface area contributed by atoms with Crippen molar-refractivity contribution in [2.75, 3.05) is 0 Å². The molecule has 1 aliphatic heterocycles. The van der Waals surface area contributed by atoms with E-state index in [0.717, 1.165) is 22.6 Å². The molecule has 1 aromatic rings. The first-order valence-corrected chi connectivity index (χ1v) is 8.29. The van der Waals surface area contributed by atoms with Gasteiger partial charge in [-0.25, -0.2) is 4.99 Å². The van der Waals surface area contributed by atoms with Crippen molar-refractivity contribution in [3.63, 3.8) is 0 Å². The van der Waals surface area contributed by atoms with Crippen molar-refractivity contribution in [1.29, 1.82) is 0 Å². The van der Waals surface area contributed by atoms with Crippen LogP contribution in [0.25, 0.3) is 6.08 Å². The van der Waals surface area contributed by atoms with Crippen molar-refractivity contribution in [3.05, 3.63) is 64.0 Å². The Morgan fingerprint density at radius 2 is 2.30 bits per heavy atom. The lowest BCUT2D eigenvalue weighted by atomic mass is 9.86.